The van der Waals surface area contributed by atoms with E-state index in [0.29, 0.717) is 39.3 Å². The summed E-state index contributed by atoms with van der Waals surface area (Å²) in [5, 5.41) is 14.4. The van der Waals surface area contributed by atoms with Gasteiger partial charge in [0, 0.05) is 39.6 Å². The van der Waals surface area contributed by atoms with Gasteiger partial charge < -0.3 is 24.8 Å². The van der Waals surface area contributed by atoms with Crippen molar-refractivity contribution in [3.8, 4) is 0 Å². The highest BCUT2D eigenvalue weighted by Crippen LogP contribution is 2.32. The second-order valence-corrected chi connectivity index (χ2v) is 7.43. The monoisotopic (exact) mass is 379 g/mol. The SMILES string of the molecule is CC(=O)N1CCN(C2C3OCC(O3)C(NCc3ccc(F)cc3)C2O)CC1. The fourth-order valence-electron chi connectivity index (χ4n) is 4.21. The summed E-state index contributed by atoms with van der Waals surface area (Å²) in [5.74, 6) is -0.192. The van der Waals surface area contributed by atoms with E-state index in [2.05, 4.69) is 10.2 Å². The van der Waals surface area contributed by atoms with E-state index in [1.54, 1.807) is 19.1 Å². The number of fused-ring (bicyclic) bond motifs is 2. The second-order valence-electron chi connectivity index (χ2n) is 7.43. The molecule has 7 nitrogen and oxygen atoms in total. The molecule has 2 N–H and O–H groups in total. The van der Waals surface area contributed by atoms with Crippen molar-refractivity contribution in [2.24, 2.45) is 0 Å². The average molecular weight is 379 g/mol. The number of amides is 1. The molecule has 2 bridgehead atoms. The van der Waals surface area contributed by atoms with Gasteiger partial charge in [-0.1, -0.05) is 12.1 Å². The summed E-state index contributed by atoms with van der Waals surface area (Å²) < 4.78 is 24.9. The highest BCUT2D eigenvalue weighted by Gasteiger charge is 2.52. The number of aliphatic hydroxyl groups is 1. The lowest BCUT2D eigenvalue weighted by Crippen LogP contribution is -2.66. The number of benzene rings is 1. The number of halogens is 1. The molecule has 5 unspecified atom stereocenters. The molecule has 3 fully saturated rings. The van der Waals surface area contributed by atoms with Crippen LogP contribution < -0.4 is 5.32 Å². The Bertz CT molecular complexity index is 665. The van der Waals surface area contributed by atoms with Crippen molar-refractivity contribution in [2.75, 3.05) is 32.8 Å². The minimum atomic E-state index is -0.652. The summed E-state index contributed by atoms with van der Waals surface area (Å²) in [6.07, 6.45) is -1.31. The topological polar surface area (TPSA) is 74.3 Å². The van der Waals surface area contributed by atoms with Gasteiger partial charge in [0.15, 0.2) is 6.29 Å². The summed E-state index contributed by atoms with van der Waals surface area (Å²) in [4.78, 5) is 15.5. The van der Waals surface area contributed by atoms with Crippen LogP contribution in [0.2, 0.25) is 0 Å². The molecule has 0 saturated carbocycles. The molecule has 5 atom stereocenters. The van der Waals surface area contributed by atoms with Crippen molar-refractivity contribution in [3.63, 3.8) is 0 Å². The maximum atomic E-state index is 13.1. The summed E-state index contributed by atoms with van der Waals surface area (Å²) >= 11 is 0. The van der Waals surface area contributed by atoms with Gasteiger partial charge in [-0.3, -0.25) is 9.69 Å². The molecule has 27 heavy (non-hydrogen) atoms. The molecular formula is C19H26FN3O4. The van der Waals surface area contributed by atoms with Gasteiger partial charge in [0.25, 0.3) is 0 Å². The van der Waals surface area contributed by atoms with E-state index in [9.17, 15) is 14.3 Å². The molecule has 148 valence electrons. The minimum absolute atomic E-state index is 0.0751. The largest absolute Gasteiger partial charge is 0.390 e. The van der Waals surface area contributed by atoms with Gasteiger partial charge in [-0.05, 0) is 17.7 Å². The van der Waals surface area contributed by atoms with Crippen LogP contribution in [0.5, 0.6) is 0 Å². The lowest BCUT2D eigenvalue weighted by molar-refractivity contribution is -0.186. The van der Waals surface area contributed by atoms with Gasteiger partial charge in [-0.15, -0.1) is 0 Å². The lowest BCUT2D eigenvalue weighted by atomic mass is 9.94. The molecule has 3 aliphatic heterocycles. The van der Waals surface area contributed by atoms with E-state index >= 15 is 0 Å². The van der Waals surface area contributed by atoms with Gasteiger partial charge in [-0.2, -0.15) is 0 Å². The number of nitrogens with one attached hydrogen (secondary N) is 1. The van der Waals surface area contributed by atoms with Gasteiger partial charge in [0.2, 0.25) is 5.91 Å². The predicted molar refractivity (Wildman–Crippen MR) is 95.3 cm³/mol. The number of aliphatic hydroxyl groups excluding tert-OH is 1. The van der Waals surface area contributed by atoms with Gasteiger partial charge in [0.1, 0.15) is 11.9 Å². The van der Waals surface area contributed by atoms with Crippen LogP contribution in [0, 0.1) is 5.82 Å². The Hall–Kier alpha value is -1.58. The first-order chi connectivity index (χ1) is 13.0. The third-order valence-corrected chi connectivity index (χ3v) is 5.77. The predicted octanol–water partition coefficient (Wildman–Crippen LogP) is -0.0674. The zero-order valence-electron chi connectivity index (χ0n) is 15.4. The third-order valence-electron chi connectivity index (χ3n) is 5.77. The Labute approximate surface area is 158 Å². The zero-order valence-corrected chi connectivity index (χ0v) is 15.4. The number of piperazine rings is 1. The highest BCUT2D eigenvalue weighted by molar-refractivity contribution is 5.73. The standard InChI is InChI=1S/C19H26FN3O4/c1-12(24)22-6-8-23(9-7-22)17-18(25)16(15-11-26-19(17)27-15)21-10-13-2-4-14(20)5-3-13/h2-5,15-19,21,25H,6-11H2,1H3. The number of rotatable bonds is 4. The summed E-state index contributed by atoms with van der Waals surface area (Å²) in [6.45, 7) is 5.17. The molecule has 1 aromatic rings. The quantitative estimate of drug-likeness (QED) is 0.763. The molecule has 0 spiro atoms. The number of ether oxygens (including phenoxy) is 2. The van der Waals surface area contributed by atoms with Crippen molar-refractivity contribution >= 4 is 5.91 Å². The van der Waals surface area contributed by atoms with Crippen molar-refractivity contribution in [2.45, 2.75) is 44.1 Å². The molecule has 3 saturated heterocycles. The van der Waals surface area contributed by atoms with E-state index in [1.165, 1.54) is 12.1 Å². The van der Waals surface area contributed by atoms with E-state index < -0.39 is 12.4 Å². The van der Waals surface area contributed by atoms with E-state index in [-0.39, 0.29) is 29.9 Å². The van der Waals surface area contributed by atoms with Crippen LogP contribution in [0.3, 0.4) is 0 Å². The first-order valence-electron chi connectivity index (χ1n) is 9.45. The van der Waals surface area contributed by atoms with E-state index in [4.69, 9.17) is 9.47 Å². The van der Waals surface area contributed by atoms with Crippen molar-refractivity contribution in [1.82, 2.24) is 15.1 Å². The van der Waals surface area contributed by atoms with Crippen molar-refractivity contribution < 1.29 is 23.8 Å². The van der Waals surface area contributed by atoms with Gasteiger partial charge >= 0.3 is 0 Å². The maximum Gasteiger partial charge on any atom is 0.219 e. The fourth-order valence-corrected chi connectivity index (χ4v) is 4.21. The Morgan fingerprint density at radius 3 is 2.63 bits per heavy atom. The number of hydrogen-bond acceptors (Lipinski definition) is 6. The molecule has 0 aromatic heterocycles. The molecule has 3 aliphatic rings. The maximum absolute atomic E-state index is 13.1. The number of carbonyl (C=O) groups excluding carboxylic acids is 1. The Morgan fingerprint density at radius 1 is 1.26 bits per heavy atom. The molecular weight excluding hydrogens is 353 g/mol. The van der Waals surface area contributed by atoms with Crippen LogP contribution in [0.25, 0.3) is 0 Å². The Balaban J connectivity index is 1.41. The van der Waals surface area contributed by atoms with Crippen molar-refractivity contribution in [3.05, 3.63) is 35.6 Å². The number of nitrogens with zero attached hydrogens (tertiary/aromatic N) is 2. The first kappa shape index (κ1) is 18.8. The van der Waals surface area contributed by atoms with Crippen LogP contribution in [0.1, 0.15) is 12.5 Å². The number of hydrogen-bond donors (Lipinski definition) is 2. The van der Waals surface area contributed by atoms with Crippen LogP contribution in [-0.2, 0) is 20.8 Å². The van der Waals surface area contributed by atoms with Crippen molar-refractivity contribution in [1.29, 1.82) is 0 Å². The first-order valence-corrected chi connectivity index (χ1v) is 9.45. The summed E-state index contributed by atoms with van der Waals surface area (Å²) in [5.41, 5.74) is 0.941. The number of carbonyl (C=O) groups is 1. The second kappa shape index (κ2) is 7.81. The average Bonchev–Trinajstić information content (AvgIpc) is 3.08. The third kappa shape index (κ3) is 3.86. The fraction of sp³-hybridized carbons (Fsp3) is 0.632. The van der Waals surface area contributed by atoms with Crippen LogP contribution in [-0.4, -0.2) is 84.2 Å². The molecule has 0 aliphatic carbocycles. The van der Waals surface area contributed by atoms with Crippen LogP contribution in [0.4, 0.5) is 4.39 Å². The summed E-state index contributed by atoms with van der Waals surface area (Å²) in [6, 6.07) is 5.76. The van der Waals surface area contributed by atoms with Gasteiger partial charge in [0.05, 0.1) is 24.8 Å². The molecule has 4 rings (SSSR count). The van der Waals surface area contributed by atoms with Crippen LogP contribution in [0.15, 0.2) is 24.3 Å². The smallest absolute Gasteiger partial charge is 0.219 e. The minimum Gasteiger partial charge on any atom is -0.390 e. The van der Waals surface area contributed by atoms with Crippen LogP contribution >= 0.6 is 0 Å². The van der Waals surface area contributed by atoms with Gasteiger partial charge in [-0.25, -0.2) is 4.39 Å². The molecule has 1 amide bonds. The highest BCUT2D eigenvalue weighted by atomic mass is 19.1. The normalized spacial score (nSPS) is 34.0. The molecule has 1 aromatic carbocycles. The molecule has 3 heterocycles. The lowest BCUT2D eigenvalue weighted by Gasteiger charge is -2.46. The van der Waals surface area contributed by atoms with E-state index in [0.717, 1.165) is 5.56 Å². The summed E-state index contributed by atoms with van der Waals surface area (Å²) in [7, 11) is 0. The molecule has 0 radical (unpaired) electrons. The Morgan fingerprint density at radius 2 is 1.96 bits per heavy atom. The zero-order chi connectivity index (χ0) is 19.0. The Kier molecular flexibility index (Phi) is 5.43. The molecule has 8 heteroatoms. The van der Waals surface area contributed by atoms with E-state index in [1.807, 2.05) is 4.90 Å².